The number of aryl methyl sites for hydroxylation is 1. The van der Waals surface area contributed by atoms with Gasteiger partial charge in [-0.1, -0.05) is 12.1 Å². The molecular weight excluding hydrogens is 363 g/mol. The molecule has 0 aliphatic heterocycles. The number of halogens is 1. The molecule has 0 radical (unpaired) electrons. The number of nitrogens with one attached hydrogen (secondary N) is 1. The maximum absolute atomic E-state index is 13.5. The molecule has 0 aliphatic rings. The van der Waals surface area contributed by atoms with Crippen molar-refractivity contribution in [2.24, 2.45) is 0 Å². The number of benzene rings is 2. The predicted octanol–water partition coefficient (Wildman–Crippen LogP) is 3.41. The van der Waals surface area contributed by atoms with Gasteiger partial charge in [0.2, 0.25) is 0 Å². The van der Waals surface area contributed by atoms with Crippen LogP contribution in [0.1, 0.15) is 40.1 Å². The standard InChI is InChI=1S/C21H23FN2O4/c1-4-24(5-2)20(26)15-7-6-8-17(11-15)23-19(25)13-28-21(27)16-10-9-14(3)18(22)12-16/h6-12H,4-5,13H2,1-3H3,(H,23,25). The second-order valence-electron chi connectivity index (χ2n) is 6.15. The molecule has 0 aliphatic carbocycles. The minimum absolute atomic E-state index is 0.0303. The molecule has 0 bridgehead atoms. The summed E-state index contributed by atoms with van der Waals surface area (Å²) in [6.07, 6.45) is 0. The number of carbonyl (C=O) groups is 3. The lowest BCUT2D eigenvalue weighted by Crippen LogP contribution is -2.30. The lowest BCUT2D eigenvalue weighted by molar-refractivity contribution is -0.119. The van der Waals surface area contributed by atoms with Gasteiger partial charge in [-0.25, -0.2) is 9.18 Å². The molecule has 2 aromatic carbocycles. The van der Waals surface area contributed by atoms with Crippen LogP contribution in [-0.2, 0) is 9.53 Å². The first kappa shape index (κ1) is 21.1. The van der Waals surface area contributed by atoms with Crippen molar-refractivity contribution in [3.63, 3.8) is 0 Å². The van der Waals surface area contributed by atoms with Crippen molar-refractivity contribution in [1.82, 2.24) is 4.90 Å². The Morgan fingerprint density at radius 1 is 1.04 bits per heavy atom. The molecule has 2 rings (SSSR count). The predicted molar refractivity (Wildman–Crippen MR) is 104 cm³/mol. The third-order valence-corrected chi connectivity index (χ3v) is 4.19. The molecule has 0 saturated carbocycles. The second kappa shape index (κ2) is 9.64. The van der Waals surface area contributed by atoms with Crippen LogP contribution in [0.4, 0.5) is 10.1 Å². The molecule has 0 saturated heterocycles. The fraction of sp³-hybridized carbons (Fsp3) is 0.286. The largest absolute Gasteiger partial charge is 0.452 e. The van der Waals surface area contributed by atoms with E-state index in [-0.39, 0.29) is 11.5 Å². The van der Waals surface area contributed by atoms with Gasteiger partial charge in [0, 0.05) is 24.3 Å². The first-order chi connectivity index (χ1) is 13.3. The van der Waals surface area contributed by atoms with Crippen LogP contribution in [-0.4, -0.2) is 42.4 Å². The summed E-state index contributed by atoms with van der Waals surface area (Å²) in [4.78, 5) is 38.0. The summed E-state index contributed by atoms with van der Waals surface area (Å²) in [5.41, 5.74) is 1.31. The summed E-state index contributed by atoms with van der Waals surface area (Å²) in [7, 11) is 0. The Labute approximate surface area is 163 Å². The highest BCUT2D eigenvalue weighted by atomic mass is 19.1. The van der Waals surface area contributed by atoms with Crippen molar-refractivity contribution in [3.8, 4) is 0 Å². The average Bonchev–Trinajstić information content (AvgIpc) is 2.69. The summed E-state index contributed by atoms with van der Waals surface area (Å²) in [6.45, 7) is 6.01. The van der Waals surface area contributed by atoms with E-state index in [1.807, 2.05) is 13.8 Å². The van der Waals surface area contributed by atoms with Gasteiger partial charge >= 0.3 is 5.97 Å². The maximum Gasteiger partial charge on any atom is 0.338 e. The Morgan fingerprint density at radius 2 is 1.75 bits per heavy atom. The third-order valence-electron chi connectivity index (χ3n) is 4.19. The molecule has 6 nitrogen and oxygen atoms in total. The molecule has 0 unspecified atom stereocenters. The molecule has 2 aromatic rings. The molecular formula is C21H23FN2O4. The van der Waals surface area contributed by atoms with Crippen LogP contribution >= 0.6 is 0 Å². The van der Waals surface area contributed by atoms with E-state index in [9.17, 15) is 18.8 Å². The number of esters is 1. The summed E-state index contributed by atoms with van der Waals surface area (Å²) >= 11 is 0. The third kappa shape index (κ3) is 5.39. The van der Waals surface area contributed by atoms with Crippen LogP contribution in [0.2, 0.25) is 0 Å². The zero-order valence-electron chi connectivity index (χ0n) is 16.1. The number of nitrogens with zero attached hydrogens (tertiary/aromatic N) is 1. The van der Waals surface area contributed by atoms with E-state index in [1.54, 1.807) is 36.1 Å². The minimum Gasteiger partial charge on any atom is -0.452 e. The van der Waals surface area contributed by atoms with Crippen molar-refractivity contribution in [2.45, 2.75) is 20.8 Å². The molecule has 28 heavy (non-hydrogen) atoms. The van der Waals surface area contributed by atoms with Crippen LogP contribution in [0.3, 0.4) is 0 Å². The Balaban J connectivity index is 1.96. The zero-order chi connectivity index (χ0) is 20.7. The van der Waals surface area contributed by atoms with Crippen molar-refractivity contribution in [1.29, 1.82) is 0 Å². The summed E-state index contributed by atoms with van der Waals surface area (Å²) in [6, 6.07) is 10.5. The van der Waals surface area contributed by atoms with Crippen molar-refractivity contribution < 1.29 is 23.5 Å². The number of amides is 2. The summed E-state index contributed by atoms with van der Waals surface area (Å²) in [5.74, 6) is -2.00. The maximum atomic E-state index is 13.5. The highest BCUT2D eigenvalue weighted by Crippen LogP contribution is 2.14. The topological polar surface area (TPSA) is 75.7 Å². The minimum atomic E-state index is -0.792. The molecule has 148 valence electrons. The Bertz CT molecular complexity index is 878. The quantitative estimate of drug-likeness (QED) is 0.740. The van der Waals surface area contributed by atoms with E-state index in [1.165, 1.54) is 12.1 Å². The Morgan fingerprint density at radius 3 is 2.39 bits per heavy atom. The van der Waals surface area contributed by atoms with Crippen LogP contribution in [0.15, 0.2) is 42.5 Å². The van der Waals surface area contributed by atoms with Gasteiger partial charge in [0.25, 0.3) is 11.8 Å². The molecule has 7 heteroatoms. The van der Waals surface area contributed by atoms with E-state index in [0.717, 1.165) is 6.07 Å². The molecule has 0 heterocycles. The average molecular weight is 386 g/mol. The lowest BCUT2D eigenvalue weighted by Gasteiger charge is -2.19. The van der Waals surface area contributed by atoms with E-state index >= 15 is 0 Å². The van der Waals surface area contributed by atoms with Gasteiger partial charge in [0.15, 0.2) is 6.61 Å². The van der Waals surface area contributed by atoms with E-state index in [4.69, 9.17) is 4.74 Å². The van der Waals surface area contributed by atoms with Gasteiger partial charge < -0.3 is 15.0 Å². The number of carbonyl (C=O) groups excluding carboxylic acids is 3. The number of hydrogen-bond donors (Lipinski definition) is 1. The van der Waals surface area contributed by atoms with E-state index < -0.39 is 24.3 Å². The number of anilines is 1. The smallest absolute Gasteiger partial charge is 0.338 e. The van der Waals surface area contributed by atoms with Gasteiger partial charge in [0.05, 0.1) is 5.56 Å². The van der Waals surface area contributed by atoms with Gasteiger partial charge in [-0.3, -0.25) is 9.59 Å². The van der Waals surface area contributed by atoms with Gasteiger partial charge in [-0.05, 0) is 56.7 Å². The molecule has 0 fully saturated rings. The number of rotatable bonds is 7. The monoisotopic (exact) mass is 386 g/mol. The number of ether oxygens (including phenoxy) is 1. The van der Waals surface area contributed by atoms with Crippen molar-refractivity contribution in [3.05, 3.63) is 65.0 Å². The molecule has 0 atom stereocenters. The van der Waals surface area contributed by atoms with Crippen molar-refractivity contribution >= 4 is 23.5 Å². The van der Waals surface area contributed by atoms with Crippen LogP contribution in [0.25, 0.3) is 0 Å². The SMILES string of the molecule is CCN(CC)C(=O)c1cccc(NC(=O)COC(=O)c2ccc(C)c(F)c2)c1. The summed E-state index contributed by atoms with van der Waals surface area (Å²) in [5, 5.41) is 2.58. The van der Waals surface area contributed by atoms with Crippen LogP contribution in [0.5, 0.6) is 0 Å². The molecule has 1 N–H and O–H groups in total. The van der Waals surface area contributed by atoms with E-state index in [2.05, 4.69) is 5.32 Å². The van der Waals surface area contributed by atoms with Crippen molar-refractivity contribution in [2.75, 3.05) is 25.0 Å². The van der Waals surface area contributed by atoms with E-state index in [0.29, 0.717) is 29.9 Å². The van der Waals surface area contributed by atoms with Gasteiger partial charge in [-0.2, -0.15) is 0 Å². The highest BCUT2D eigenvalue weighted by molar-refractivity contribution is 5.98. The highest BCUT2D eigenvalue weighted by Gasteiger charge is 2.15. The molecule has 2 amide bonds. The lowest BCUT2D eigenvalue weighted by atomic mass is 10.1. The first-order valence-electron chi connectivity index (χ1n) is 8.98. The van der Waals surface area contributed by atoms with Crippen LogP contribution < -0.4 is 5.32 Å². The summed E-state index contributed by atoms with van der Waals surface area (Å²) < 4.78 is 18.4. The zero-order valence-corrected chi connectivity index (χ0v) is 16.1. The van der Waals surface area contributed by atoms with Gasteiger partial charge in [-0.15, -0.1) is 0 Å². The fourth-order valence-electron chi connectivity index (χ4n) is 2.55. The molecule has 0 spiro atoms. The normalized spacial score (nSPS) is 10.3. The van der Waals surface area contributed by atoms with Crippen LogP contribution in [0, 0.1) is 12.7 Å². The Hall–Kier alpha value is -3.22. The fourth-order valence-corrected chi connectivity index (χ4v) is 2.55. The molecule has 0 aromatic heterocycles. The Kier molecular flexibility index (Phi) is 7.26. The second-order valence-corrected chi connectivity index (χ2v) is 6.15. The first-order valence-corrected chi connectivity index (χ1v) is 8.98. The number of hydrogen-bond acceptors (Lipinski definition) is 4. The van der Waals surface area contributed by atoms with Gasteiger partial charge in [0.1, 0.15) is 5.82 Å².